The molecule has 0 saturated carbocycles. The fourth-order valence-electron chi connectivity index (χ4n) is 1.73. The molecule has 114 valence electrons. The van der Waals surface area contributed by atoms with E-state index in [0.717, 1.165) is 10.4 Å². The van der Waals surface area contributed by atoms with E-state index in [2.05, 4.69) is 5.92 Å². The minimum absolute atomic E-state index is 0.0210. The number of sulfonamides is 1. The number of hydrogen-bond acceptors (Lipinski definition) is 3. The van der Waals surface area contributed by atoms with E-state index in [0.29, 0.717) is 0 Å². The first kappa shape index (κ1) is 17.1. The first-order valence-corrected chi connectivity index (χ1v) is 7.60. The molecule has 1 aromatic carbocycles. The van der Waals surface area contributed by atoms with Gasteiger partial charge in [-0.1, -0.05) is 19.8 Å². The lowest BCUT2D eigenvalue weighted by Gasteiger charge is -2.22. The Morgan fingerprint density at radius 2 is 2.10 bits per heavy atom. The molecule has 1 N–H and O–H groups in total. The molecule has 0 aliphatic rings. The van der Waals surface area contributed by atoms with Crippen LogP contribution in [0.1, 0.15) is 19.4 Å². The summed E-state index contributed by atoms with van der Waals surface area (Å²) in [7, 11) is -4.09. The summed E-state index contributed by atoms with van der Waals surface area (Å²) in [5.74, 6) is -0.0977. The van der Waals surface area contributed by atoms with Crippen molar-refractivity contribution < 1.29 is 22.7 Å². The van der Waals surface area contributed by atoms with Crippen LogP contribution in [0.15, 0.2) is 23.1 Å². The van der Waals surface area contributed by atoms with Crippen molar-refractivity contribution in [3.63, 3.8) is 0 Å². The van der Waals surface area contributed by atoms with Crippen molar-refractivity contribution in [3.8, 4) is 12.3 Å². The third kappa shape index (κ3) is 4.28. The summed E-state index contributed by atoms with van der Waals surface area (Å²) in [5.41, 5.74) is -0.0532. The Balaban J connectivity index is 3.25. The van der Waals surface area contributed by atoms with Crippen LogP contribution >= 0.6 is 0 Å². The fraction of sp³-hybridized carbons (Fsp3) is 0.357. The molecule has 0 saturated heterocycles. The number of halogens is 1. The van der Waals surface area contributed by atoms with Gasteiger partial charge in [0.15, 0.2) is 0 Å². The quantitative estimate of drug-likeness (QED) is 0.808. The van der Waals surface area contributed by atoms with Crippen LogP contribution in [0, 0.1) is 24.1 Å². The number of benzene rings is 1. The zero-order chi connectivity index (χ0) is 16.2. The molecule has 5 nitrogen and oxygen atoms in total. The van der Waals surface area contributed by atoms with Gasteiger partial charge in [0, 0.05) is 6.54 Å². The molecule has 0 aliphatic heterocycles. The molecule has 0 aliphatic carbocycles. The van der Waals surface area contributed by atoms with Gasteiger partial charge in [-0.25, -0.2) is 12.8 Å². The van der Waals surface area contributed by atoms with Crippen molar-refractivity contribution in [2.24, 2.45) is 5.92 Å². The monoisotopic (exact) mass is 313 g/mol. The fourth-order valence-corrected chi connectivity index (χ4v) is 3.29. The van der Waals surface area contributed by atoms with Crippen LogP contribution < -0.4 is 0 Å². The van der Waals surface area contributed by atoms with Crippen LogP contribution in [0.3, 0.4) is 0 Å². The third-order valence-electron chi connectivity index (χ3n) is 2.61. The molecule has 0 unspecified atom stereocenters. The lowest BCUT2D eigenvalue weighted by molar-refractivity contribution is -0.137. The van der Waals surface area contributed by atoms with Crippen molar-refractivity contribution in [1.82, 2.24) is 4.31 Å². The van der Waals surface area contributed by atoms with Gasteiger partial charge in [-0.15, -0.1) is 6.42 Å². The molecule has 0 heterocycles. The van der Waals surface area contributed by atoms with Gasteiger partial charge in [0.1, 0.15) is 12.4 Å². The van der Waals surface area contributed by atoms with Crippen molar-refractivity contribution in [1.29, 1.82) is 0 Å². The molecule has 1 rings (SSSR count). The maximum Gasteiger partial charge on any atom is 0.318 e. The van der Waals surface area contributed by atoms with Gasteiger partial charge in [-0.3, -0.25) is 4.79 Å². The molecule has 0 bridgehead atoms. The van der Waals surface area contributed by atoms with Gasteiger partial charge in [0.05, 0.1) is 10.5 Å². The Morgan fingerprint density at radius 3 is 2.52 bits per heavy atom. The highest BCUT2D eigenvalue weighted by Crippen LogP contribution is 2.19. The Kier molecular flexibility index (Phi) is 5.47. The number of aliphatic carboxylic acids is 1. The standard InChI is InChI=1S/C14H16FNO4S/c1-4-11-5-6-12(7-13(11)15)21(19,20)16(8-10(2)3)9-14(17)18/h1,5-7,10H,8-9H2,2-3H3,(H,17,18). The average Bonchev–Trinajstić information content (AvgIpc) is 2.36. The minimum Gasteiger partial charge on any atom is -0.480 e. The highest BCUT2D eigenvalue weighted by Gasteiger charge is 2.27. The first-order chi connectivity index (χ1) is 9.68. The van der Waals surface area contributed by atoms with Crippen molar-refractivity contribution in [2.75, 3.05) is 13.1 Å². The average molecular weight is 313 g/mol. The van der Waals surface area contributed by atoms with Gasteiger partial charge >= 0.3 is 5.97 Å². The van der Waals surface area contributed by atoms with Crippen molar-refractivity contribution in [3.05, 3.63) is 29.6 Å². The Labute approximate surface area is 123 Å². The van der Waals surface area contributed by atoms with Gasteiger partial charge in [-0.2, -0.15) is 4.31 Å². The van der Waals surface area contributed by atoms with Gasteiger partial charge in [0.2, 0.25) is 10.0 Å². The summed E-state index contributed by atoms with van der Waals surface area (Å²) in [6.45, 7) is 2.85. The van der Waals surface area contributed by atoms with E-state index in [1.807, 2.05) is 0 Å². The maximum atomic E-state index is 13.6. The molecule has 0 atom stereocenters. The van der Waals surface area contributed by atoms with E-state index in [4.69, 9.17) is 11.5 Å². The molecule has 21 heavy (non-hydrogen) atoms. The van der Waals surface area contributed by atoms with Crippen LogP contribution in [0.4, 0.5) is 4.39 Å². The summed E-state index contributed by atoms with van der Waals surface area (Å²) in [4.78, 5) is 10.5. The molecular weight excluding hydrogens is 297 g/mol. The molecule has 0 aromatic heterocycles. The zero-order valence-corrected chi connectivity index (χ0v) is 12.5. The lowest BCUT2D eigenvalue weighted by Crippen LogP contribution is -2.38. The van der Waals surface area contributed by atoms with Gasteiger partial charge in [-0.05, 0) is 24.1 Å². The SMILES string of the molecule is C#Cc1ccc(S(=O)(=O)N(CC(=O)O)CC(C)C)cc1F. The maximum absolute atomic E-state index is 13.6. The van der Waals surface area contributed by atoms with Crippen LogP contribution in [-0.4, -0.2) is 36.9 Å². The first-order valence-electron chi connectivity index (χ1n) is 6.16. The van der Waals surface area contributed by atoms with Crippen LogP contribution in [0.25, 0.3) is 0 Å². The topological polar surface area (TPSA) is 74.7 Å². The minimum atomic E-state index is -4.09. The van der Waals surface area contributed by atoms with E-state index < -0.39 is 28.4 Å². The number of terminal acetylenes is 1. The Hall–Kier alpha value is -1.91. The van der Waals surface area contributed by atoms with E-state index in [-0.39, 0.29) is 22.9 Å². The molecule has 0 amide bonds. The van der Waals surface area contributed by atoms with Crippen LogP contribution in [0.5, 0.6) is 0 Å². The normalized spacial score (nSPS) is 11.6. The molecular formula is C14H16FNO4S. The summed E-state index contributed by atoms with van der Waals surface area (Å²) < 4.78 is 39.2. The highest BCUT2D eigenvalue weighted by atomic mass is 32.2. The molecule has 7 heteroatoms. The second-order valence-electron chi connectivity index (χ2n) is 4.87. The van der Waals surface area contributed by atoms with Crippen LogP contribution in [-0.2, 0) is 14.8 Å². The van der Waals surface area contributed by atoms with Crippen molar-refractivity contribution >= 4 is 16.0 Å². The summed E-state index contributed by atoms with van der Waals surface area (Å²) in [5, 5.41) is 8.84. The van der Waals surface area contributed by atoms with Crippen molar-refractivity contribution in [2.45, 2.75) is 18.7 Å². The zero-order valence-electron chi connectivity index (χ0n) is 11.7. The summed E-state index contributed by atoms with van der Waals surface area (Å²) >= 11 is 0. The third-order valence-corrected chi connectivity index (χ3v) is 4.42. The van der Waals surface area contributed by atoms with Crippen LogP contribution in [0.2, 0.25) is 0 Å². The number of nitrogens with zero attached hydrogens (tertiary/aromatic N) is 1. The smallest absolute Gasteiger partial charge is 0.318 e. The molecule has 0 fully saturated rings. The predicted molar refractivity (Wildman–Crippen MR) is 75.6 cm³/mol. The largest absolute Gasteiger partial charge is 0.480 e. The van der Waals surface area contributed by atoms with E-state index in [1.165, 1.54) is 12.1 Å². The predicted octanol–water partition coefficient (Wildman–Crippen LogP) is 1.54. The lowest BCUT2D eigenvalue weighted by atomic mass is 10.2. The number of carboxylic acid groups (broad SMARTS) is 1. The molecule has 1 aromatic rings. The highest BCUT2D eigenvalue weighted by molar-refractivity contribution is 7.89. The van der Waals surface area contributed by atoms with E-state index >= 15 is 0 Å². The molecule has 0 radical (unpaired) electrons. The summed E-state index contributed by atoms with van der Waals surface area (Å²) in [6, 6.07) is 3.15. The Bertz CT molecular complexity index is 677. The second kappa shape index (κ2) is 6.70. The Morgan fingerprint density at radius 1 is 1.48 bits per heavy atom. The van der Waals surface area contributed by atoms with Gasteiger partial charge in [0.25, 0.3) is 0 Å². The summed E-state index contributed by atoms with van der Waals surface area (Å²) in [6.07, 6.45) is 5.07. The van der Waals surface area contributed by atoms with Gasteiger partial charge < -0.3 is 5.11 Å². The number of carbonyl (C=O) groups is 1. The number of hydrogen-bond donors (Lipinski definition) is 1. The second-order valence-corrected chi connectivity index (χ2v) is 6.81. The number of rotatable bonds is 6. The van der Waals surface area contributed by atoms with E-state index in [9.17, 15) is 17.6 Å². The number of carboxylic acids is 1. The molecule has 0 spiro atoms. The van der Waals surface area contributed by atoms with E-state index in [1.54, 1.807) is 13.8 Å².